The molecule has 0 bridgehead atoms. The molecule has 0 saturated carbocycles. The maximum Gasteiger partial charge on any atom is 0.271 e. The number of carbonyl (C=O) groups is 2. The molecule has 3 aromatic rings. The number of thiophene rings is 1. The summed E-state index contributed by atoms with van der Waals surface area (Å²) in [7, 11) is 0. The Morgan fingerprint density at radius 1 is 1.09 bits per heavy atom. The van der Waals surface area contributed by atoms with Crippen molar-refractivity contribution in [3.05, 3.63) is 58.4 Å². The molecule has 2 aromatic heterocycles. The maximum atomic E-state index is 12.1. The first-order chi connectivity index (χ1) is 11.2. The van der Waals surface area contributed by atoms with Gasteiger partial charge in [0, 0.05) is 28.4 Å². The highest BCUT2D eigenvalue weighted by molar-refractivity contribution is 7.09. The highest BCUT2D eigenvalue weighted by atomic mass is 32.1. The van der Waals surface area contributed by atoms with Gasteiger partial charge in [0.2, 0.25) is 5.91 Å². The lowest BCUT2D eigenvalue weighted by atomic mass is 10.2. The van der Waals surface area contributed by atoms with E-state index >= 15 is 0 Å². The van der Waals surface area contributed by atoms with Crippen LogP contribution in [-0.4, -0.2) is 16.8 Å². The molecule has 0 fully saturated rings. The number of aromatic amines is 1. The first-order valence-corrected chi connectivity index (χ1v) is 8.29. The molecule has 0 unspecified atom stereocenters. The molecule has 0 aliphatic heterocycles. The average molecular weight is 327 g/mol. The molecule has 0 spiro atoms. The number of hydrogen-bond acceptors (Lipinski definition) is 3. The lowest BCUT2D eigenvalue weighted by molar-refractivity contribution is -0.121. The second kappa shape index (κ2) is 7.11. The highest BCUT2D eigenvalue weighted by Gasteiger charge is 2.12. The topological polar surface area (TPSA) is 74.0 Å². The van der Waals surface area contributed by atoms with Crippen LogP contribution in [0.1, 0.15) is 28.1 Å². The summed E-state index contributed by atoms with van der Waals surface area (Å²) in [4.78, 5) is 28.2. The first kappa shape index (κ1) is 15.3. The summed E-state index contributed by atoms with van der Waals surface area (Å²) in [5.41, 5.74) is 6.33. The highest BCUT2D eigenvalue weighted by Crippen LogP contribution is 2.17. The van der Waals surface area contributed by atoms with Gasteiger partial charge >= 0.3 is 0 Å². The third-order valence-corrected chi connectivity index (χ3v) is 4.49. The van der Waals surface area contributed by atoms with Crippen molar-refractivity contribution < 1.29 is 9.59 Å². The van der Waals surface area contributed by atoms with E-state index in [4.69, 9.17) is 0 Å². The number of amides is 2. The van der Waals surface area contributed by atoms with Gasteiger partial charge < -0.3 is 4.98 Å². The van der Waals surface area contributed by atoms with Crippen LogP contribution in [-0.2, 0) is 11.2 Å². The zero-order valence-corrected chi connectivity index (χ0v) is 13.3. The van der Waals surface area contributed by atoms with E-state index in [1.54, 1.807) is 17.5 Å². The molecule has 3 N–H and O–H groups in total. The summed E-state index contributed by atoms with van der Waals surface area (Å²) in [6.45, 7) is 0. The normalized spacial score (nSPS) is 10.6. The molecule has 2 heterocycles. The summed E-state index contributed by atoms with van der Waals surface area (Å²) in [5, 5.41) is 2.86. The van der Waals surface area contributed by atoms with E-state index < -0.39 is 0 Å². The largest absolute Gasteiger partial charge is 0.360 e. The number of rotatable bonds is 5. The van der Waals surface area contributed by atoms with Crippen molar-refractivity contribution in [2.75, 3.05) is 0 Å². The smallest absolute Gasteiger partial charge is 0.271 e. The Labute approximate surface area is 137 Å². The third-order valence-electron chi connectivity index (χ3n) is 3.56. The van der Waals surface area contributed by atoms with Crippen LogP contribution in [0.5, 0.6) is 0 Å². The molecule has 0 radical (unpaired) electrons. The van der Waals surface area contributed by atoms with Crippen molar-refractivity contribution in [1.29, 1.82) is 0 Å². The zero-order valence-electron chi connectivity index (χ0n) is 12.5. The quantitative estimate of drug-likeness (QED) is 0.630. The fourth-order valence-corrected chi connectivity index (χ4v) is 3.14. The van der Waals surface area contributed by atoms with Crippen LogP contribution < -0.4 is 10.9 Å². The molecule has 0 saturated heterocycles. The summed E-state index contributed by atoms with van der Waals surface area (Å²) in [5.74, 6) is -0.510. The van der Waals surface area contributed by atoms with Gasteiger partial charge in [0.15, 0.2) is 0 Å². The Bertz CT molecular complexity index is 808. The van der Waals surface area contributed by atoms with Gasteiger partial charge in [0.05, 0.1) is 5.56 Å². The minimum Gasteiger partial charge on any atom is -0.360 e. The minimum absolute atomic E-state index is 0.185. The predicted octanol–water partition coefficient (Wildman–Crippen LogP) is 3.01. The van der Waals surface area contributed by atoms with Gasteiger partial charge in [-0.15, -0.1) is 11.3 Å². The van der Waals surface area contributed by atoms with Gasteiger partial charge in [-0.3, -0.25) is 20.4 Å². The standard InChI is InChI=1S/C17H17N3O2S/c21-16(9-3-5-12-6-4-10-23-12)19-20-17(22)14-11-18-15-8-2-1-7-13(14)15/h1-2,4,6-8,10-11,18H,3,5,9H2,(H,19,21)(H,20,22). The second-order valence-electron chi connectivity index (χ2n) is 5.18. The molecule has 3 rings (SSSR count). The number of benzene rings is 1. The Morgan fingerprint density at radius 2 is 1.96 bits per heavy atom. The summed E-state index contributed by atoms with van der Waals surface area (Å²) in [6.07, 6.45) is 3.66. The molecular formula is C17H17N3O2S. The Hall–Kier alpha value is -2.60. The van der Waals surface area contributed by atoms with Gasteiger partial charge in [0.1, 0.15) is 0 Å². The zero-order chi connectivity index (χ0) is 16.1. The first-order valence-electron chi connectivity index (χ1n) is 7.42. The van der Waals surface area contributed by atoms with E-state index in [1.807, 2.05) is 35.7 Å². The van der Waals surface area contributed by atoms with Crippen LogP contribution in [0.2, 0.25) is 0 Å². The van der Waals surface area contributed by atoms with E-state index in [9.17, 15) is 9.59 Å². The van der Waals surface area contributed by atoms with Gasteiger partial charge in [-0.25, -0.2) is 0 Å². The maximum absolute atomic E-state index is 12.1. The van der Waals surface area contributed by atoms with Crippen molar-refractivity contribution in [2.24, 2.45) is 0 Å². The van der Waals surface area contributed by atoms with Crippen molar-refractivity contribution >= 4 is 34.1 Å². The molecule has 0 aliphatic carbocycles. The number of aryl methyl sites for hydroxylation is 1. The summed E-state index contributed by atoms with van der Waals surface area (Å²) < 4.78 is 0. The molecule has 0 aliphatic rings. The molecule has 1 aromatic carbocycles. The monoisotopic (exact) mass is 327 g/mol. The second-order valence-corrected chi connectivity index (χ2v) is 6.22. The Balaban J connectivity index is 1.47. The number of para-hydroxylation sites is 1. The van der Waals surface area contributed by atoms with Crippen LogP contribution in [0.3, 0.4) is 0 Å². The van der Waals surface area contributed by atoms with E-state index in [1.165, 1.54) is 4.88 Å². The van der Waals surface area contributed by atoms with Crippen LogP contribution in [0.25, 0.3) is 10.9 Å². The van der Waals surface area contributed by atoms with E-state index in [0.29, 0.717) is 12.0 Å². The summed E-state index contributed by atoms with van der Waals surface area (Å²) in [6, 6.07) is 11.6. The number of fused-ring (bicyclic) bond motifs is 1. The average Bonchev–Trinajstić information content (AvgIpc) is 3.22. The SMILES string of the molecule is O=C(CCCc1cccs1)NNC(=O)c1c[nH]c2ccccc12. The fourth-order valence-electron chi connectivity index (χ4n) is 2.39. The third kappa shape index (κ3) is 3.78. The minimum atomic E-state index is -0.325. The number of carbonyl (C=O) groups excluding carboxylic acids is 2. The van der Waals surface area contributed by atoms with E-state index in [2.05, 4.69) is 21.9 Å². The van der Waals surface area contributed by atoms with Crippen molar-refractivity contribution in [2.45, 2.75) is 19.3 Å². The van der Waals surface area contributed by atoms with Crippen LogP contribution >= 0.6 is 11.3 Å². The number of hydrazine groups is 1. The molecule has 23 heavy (non-hydrogen) atoms. The van der Waals surface area contributed by atoms with Crippen molar-refractivity contribution in [3.63, 3.8) is 0 Å². The predicted molar refractivity (Wildman–Crippen MR) is 91.2 cm³/mol. The fraction of sp³-hybridized carbons (Fsp3) is 0.176. The Kier molecular flexibility index (Phi) is 4.73. The number of H-pyrrole nitrogens is 1. The molecule has 118 valence electrons. The Morgan fingerprint density at radius 3 is 2.78 bits per heavy atom. The van der Waals surface area contributed by atoms with Crippen LogP contribution in [0, 0.1) is 0 Å². The molecular weight excluding hydrogens is 310 g/mol. The van der Waals surface area contributed by atoms with Gasteiger partial charge in [0.25, 0.3) is 5.91 Å². The molecule has 0 atom stereocenters. The van der Waals surface area contributed by atoms with Gasteiger partial charge in [-0.05, 0) is 30.4 Å². The lowest BCUT2D eigenvalue weighted by Crippen LogP contribution is -2.41. The number of nitrogens with one attached hydrogen (secondary N) is 3. The number of aromatic nitrogens is 1. The molecule has 5 nitrogen and oxygen atoms in total. The lowest BCUT2D eigenvalue weighted by Gasteiger charge is -2.06. The number of hydrogen-bond donors (Lipinski definition) is 3. The van der Waals surface area contributed by atoms with Crippen molar-refractivity contribution in [1.82, 2.24) is 15.8 Å². The van der Waals surface area contributed by atoms with Gasteiger partial charge in [-0.2, -0.15) is 0 Å². The van der Waals surface area contributed by atoms with Crippen LogP contribution in [0.4, 0.5) is 0 Å². The van der Waals surface area contributed by atoms with Crippen molar-refractivity contribution in [3.8, 4) is 0 Å². The molecule has 6 heteroatoms. The van der Waals surface area contributed by atoms with Gasteiger partial charge in [-0.1, -0.05) is 24.3 Å². The molecule has 2 amide bonds. The van der Waals surface area contributed by atoms with E-state index in [0.717, 1.165) is 23.7 Å². The summed E-state index contributed by atoms with van der Waals surface area (Å²) >= 11 is 1.69. The van der Waals surface area contributed by atoms with E-state index in [-0.39, 0.29) is 11.8 Å². The van der Waals surface area contributed by atoms with Crippen LogP contribution in [0.15, 0.2) is 48.0 Å².